The summed E-state index contributed by atoms with van der Waals surface area (Å²) in [7, 11) is 2.16. The number of aliphatic carboxylic acids is 4. The molecule has 1 aromatic rings. The molecule has 0 amide bonds. The fourth-order valence-corrected chi connectivity index (χ4v) is 2.71. The number of carboxylic acid groups (broad SMARTS) is 4. The molecule has 12 heteroatoms. The molecule has 0 radical (unpaired) electrons. The van der Waals surface area contributed by atoms with Gasteiger partial charge in [0.15, 0.2) is 0 Å². The van der Waals surface area contributed by atoms with E-state index in [4.69, 9.17) is 25.2 Å². The average Bonchev–Trinajstić information content (AvgIpc) is 3.02. The highest BCUT2D eigenvalue weighted by molar-refractivity contribution is 5.90. The lowest BCUT2D eigenvalue weighted by atomic mass is 10.2. The lowest BCUT2D eigenvalue weighted by Gasteiger charge is -2.19. The molecule has 2 rings (SSSR count). The molecule has 198 valence electrons. The third-order valence-corrected chi connectivity index (χ3v) is 4.41. The summed E-state index contributed by atoms with van der Waals surface area (Å²) < 4.78 is 5.32. The largest absolute Gasteiger partial charge is 0.478 e. The molecule has 1 fully saturated rings. The molecule has 0 aromatic heterocycles. The van der Waals surface area contributed by atoms with Gasteiger partial charge in [-0.25, -0.2) is 19.2 Å². The first-order valence-corrected chi connectivity index (χ1v) is 10.9. The zero-order valence-electron chi connectivity index (χ0n) is 20.0. The predicted octanol–water partition coefficient (Wildman–Crippen LogP) is 0.833. The van der Waals surface area contributed by atoms with Gasteiger partial charge in [0, 0.05) is 43.9 Å². The van der Waals surface area contributed by atoms with Crippen LogP contribution in [0.2, 0.25) is 0 Å². The Hall–Kier alpha value is -4.03. The van der Waals surface area contributed by atoms with E-state index in [0.29, 0.717) is 37.3 Å². The normalized spacial score (nSPS) is 14.0. The first-order valence-electron chi connectivity index (χ1n) is 10.9. The Labute approximate surface area is 208 Å². The highest BCUT2D eigenvalue weighted by Gasteiger charge is 2.12. The van der Waals surface area contributed by atoms with Gasteiger partial charge in [-0.15, -0.1) is 0 Å². The highest BCUT2D eigenvalue weighted by Crippen LogP contribution is 2.03. The van der Waals surface area contributed by atoms with Gasteiger partial charge in [0.05, 0.1) is 6.42 Å². The fourth-order valence-electron chi connectivity index (χ4n) is 2.71. The average molecular weight is 509 g/mol. The van der Waals surface area contributed by atoms with E-state index in [2.05, 4.69) is 16.8 Å². The van der Waals surface area contributed by atoms with Crippen molar-refractivity contribution in [1.29, 1.82) is 0 Å². The van der Waals surface area contributed by atoms with E-state index in [1.165, 1.54) is 6.42 Å². The number of rotatable bonds is 9. The van der Waals surface area contributed by atoms with Gasteiger partial charge >= 0.3 is 29.8 Å². The van der Waals surface area contributed by atoms with Gasteiger partial charge in [0.25, 0.3) is 0 Å². The molecule has 0 bridgehead atoms. The van der Waals surface area contributed by atoms with Crippen LogP contribution >= 0.6 is 0 Å². The smallest absolute Gasteiger partial charge is 0.328 e. The Morgan fingerprint density at radius 1 is 0.778 bits per heavy atom. The number of hydrogen-bond acceptors (Lipinski definition) is 8. The first-order chi connectivity index (χ1) is 17.0. The van der Waals surface area contributed by atoms with Crippen molar-refractivity contribution in [2.75, 3.05) is 46.4 Å². The summed E-state index contributed by atoms with van der Waals surface area (Å²) in [5.41, 5.74) is 1.01. The van der Waals surface area contributed by atoms with E-state index < -0.39 is 23.9 Å². The maximum Gasteiger partial charge on any atom is 0.328 e. The summed E-state index contributed by atoms with van der Waals surface area (Å²) in [6.45, 7) is 5.75. The van der Waals surface area contributed by atoms with Gasteiger partial charge in [0.1, 0.15) is 6.61 Å². The molecule has 4 N–H and O–H groups in total. The van der Waals surface area contributed by atoms with Gasteiger partial charge < -0.3 is 30.1 Å². The lowest BCUT2D eigenvalue weighted by molar-refractivity contribution is -0.143. The van der Waals surface area contributed by atoms with E-state index in [9.17, 15) is 24.0 Å². The van der Waals surface area contributed by atoms with Crippen LogP contribution in [-0.2, 0) is 35.1 Å². The van der Waals surface area contributed by atoms with Crippen molar-refractivity contribution in [2.24, 2.45) is 0 Å². The van der Waals surface area contributed by atoms with Gasteiger partial charge in [-0.05, 0) is 32.1 Å². The first kappa shape index (κ1) is 32.0. The number of carboxylic acids is 4. The zero-order valence-corrected chi connectivity index (χ0v) is 20.0. The van der Waals surface area contributed by atoms with E-state index in [1.54, 1.807) is 0 Å². The number of hydrogen-bond donors (Lipinski definition) is 4. The van der Waals surface area contributed by atoms with Gasteiger partial charge in [-0.3, -0.25) is 9.69 Å². The minimum Gasteiger partial charge on any atom is -0.478 e. The number of ether oxygens (including phenoxy) is 1. The van der Waals surface area contributed by atoms with Crippen molar-refractivity contribution in [3.05, 3.63) is 60.2 Å². The van der Waals surface area contributed by atoms with Crippen LogP contribution < -0.4 is 0 Å². The second-order valence-electron chi connectivity index (χ2n) is 7.40. The molecule has 0 atom stereocenters. The van der Waals surface area contributed by atoms with E-state index in [1.807, 2.05) is 30.3 Å². The number of carbonyl (C=O) groups excluding carboxylic acids is 1. The SMILES string of the molecule is CN1CCCN(CCOC(=O)Cc2ccccc2)CC1.O=C(O)/C=C\C(=O)O.O=C(O)/C=C\C(=O)O. The number of benzene rings is 1. The molecule has 1 aromatic carbocycles. The van der Waals surface area contributed by atoms with E-state index >= 15 is 0 Å². The number of carbonyl (C=O) groups is 5. The molecular weight excluding hydrogens is 476 g/mol. The van der Waals surface area contributed by atoms with Crippen molar-refractivity contribution in [1.82, 2.24) is 9.80 Å². The van der Waals surface area contributed by atoms with Crippen LogP contribution in [0, 0.1) is 0 Å². The predicted molar refractivity (Wildman–Crippen MR) is 128 cm³/mol. The van der Waals surface area contributed by atoms with Gasteiger partial charge in [0.2, 0.25) is 0 Å². The summed E-state index contributed by atoms with van der Waals surface area (Å²) >= 11 is 0. The van der Waals surface area contributed by atoms with Crippen LogP contribution in [-0.4, -0.2) is 106 Å². The second-order valence-corrected chi connectivity index (χ2v) is 7.40. The van der Waals surface area contributed by atoms with E-state index in [-0.39, 0.29) is 5.97 Å². The van der Waals surface area contributed by atoms with Crippen LogP contribution in [0.1, 0.15) is 12.0 Å². The summed E-state index contributed by atoms with van der Waals surface area (Å²) in [5, 5.41) is 31.2. The minimum absolute atomic E-state index is 0.136. The molecular formula is C24H32N2O10. The summed E-state index contributed by atoms with van der Waals surface area (Å²) in [4.78, 5) is 54.7. The molecule has 12 nitrogen and oxygen atoms in total. The maximum atomic E-state index is 11.7. The summed E-state index contributed by atoms with van der Waals surface area (Å²) in [6, 6.07) is 9.73. The molecule has 1 heterocycles. The lowest BCUT2D eigenvalue weighted by Crippen LogP contribution is -2.32. The molecule has 1 aliphatic rings. The topological polar surface area (TPSA) is 182 Å². The minimum atomic E-state index is -1.26. The van der Waals surface area contributed by atoms with Crippen molar-refractivity contribution < 1.29 is 49.1 Å². The summed E-state index contributed by atoms with van der Waals surface area (Å²) in [6.07, 6.45) is 3.79. The monoisotopic (exact) mass is 508 g/mol. The highest BCUT2D eigenvalue weighted by atomic mass is 16.5. The molecule has 0 aliphatic carbocycles. The molecule has 1 aliphatic heterocycles. The maximum absolute atomic E-state index is 11.7. The number of likely N-dealkylation sites (N-methyl/N-ethyl adjacent to an activating group) is 1. The van der Waals surface area contributed by atoms with Gasteiger partial charge in [-0.1, -0.05) is 30.3 Å². The quantitative estimate of drug-likeness (QED) is 0.273. The van der Waals surface area contributed by atoms with Crippen molar-refractivity contribution >= 4 is 29.8 Å². The van der Waals surface area contributed by atoms with Crippen LogP contribution in [0.15, 0.2) is 54.6 Å². The van der Waals surface area contributed by atoms with E-state index in [0.717, 1.165) is 38.3 Å². The standard InChI is InChI=1S/C16H24N2O2.2C4H4O4/c1-17-8-5-9-18(11-10-17)12-13-20-16(19)14-15-6-3-2-4-7-15;2*5-3(6)1-2-4(7)8/h2-4,6-7H,5,8-14H2,1H3;2*1-2H,(H,5,6)(H,7,8)/b;2*2-1-. The number of nitrogens with zero attached hydrogens (tertiary/aromatic N) is 2. The van der Waals surface area contributed by atoms with Crippen molar-refractivity contribution in [2.45, 2.75) is 12.8 Å². The van der Waals surface area contributed by atoms with Crippen molar-refractivity contribution in [3.8, 4) is 0 Å². The molecule has 0 saturated carbocycles. The Balaban J connectivity index is 0.000000634. The summed E-state index contributed by atoms with van der Waals surface area (Å²) in [5.74, 6) is -5.16. The zero-order chi connectivity index (χ0) is 27.3. The molecule has 0 spiro atoms. The molecule has 1 saturated heterocycles. The molecule has 36 heavy (non-hydrogen) atoms. The fraction of sp³-hybridized carbons (Fsp3) is 0.375. The van der Waals surface area contributed by atoms with Crippen LogP contribution in [0.5, 0.6) is 0 Å². The van der Waals surface area contributed by atoms with Gasteiger partial charge in [-0.2, -0.15) is 0 Å². The van der Waals surface area contributed by atoms with Crippen LogP contribution in [0.4, 0.5) is 0 Å². The Kier molecular flexibility index (Phi) is 17.1. The number of esters is 1. The van der Waals surface area contributed by atoms with Crippen molar-refractivity contribution in [3.63, 3.8) is 0 Å². The third kappa shape index (κ3) is 20.6. The Morgan fingerprint density at radius 3 is 1.75 bits per heavy atom. The second kappa shape index (κ2) is 19.3. The van der Waals surface area contributed by atoms with Crippen LogP contribution in [0.25, 0.3) is 0 Å². The third-order valence-electron chi connectivity index (χ3n) is 4.41. The Morgan fingerprint density at radius 2 is 1.28 bits per heavy atom. The van der Waals surface area contributed by atoms with Crippen LogP contribution in [0.3, 0.4) is 0 Å². The molecule has 0 unspecified atom stereocenters. The Bertz CT molecular complexity index is 833.